The molecule has 30 heavy (non-hydrogen) atoms. The molecule has 3 rings (SSSR count). The number of benzene rings is 1. The maximum Gasteiger partial charge on any atom is 0.191 e. The Labute approximate surface area is 200 Å². The van der Waals surface area contributed by atoms with E-state index in [-0.39, 0.29) is 29.4 Å². The molecule has 0 saturated carbocycles. The van der Waals surface area contributed by atoms with Crippen LogP contribution in [0.3, 0.4) is 0 Å². The third-order valence-electron chi connectivity index (χ3n) is 4.59. The van der Waals surface area contributed by atoms with Crippen LogP contribution in [0.25, 0.3) is 5.69 Å². The second-order valence-electron chi connectivity index (χ2n) is 7.92. The predicted molar refractivity (Wildman–Crippen MR) is 137 cm³/mol. The van der Waals surface area contributed by atoms with Crippen LogP contribution in [0.2, 0.25) is 0 Å². The lowest BCUT2D eigenvalue weighted by Crippen LogP contribution is -2.39. The first-order valence-corrected chi connectivity index (χ1v) is 10.8. The SMILES string of the molecule is CN=C(NCCc1ccc(-n2cccn2)cc1)NCCc1nc(C(C)(C)C)cs1.I. The Morgan fingerprint density at radius 1 is 1.10 bits per heavy atom. The van der Waals surface area contributed by atoms with Gasteiger partial charge in [-0.05, 0) is 30.2 Å². The number of thiazole rings is 1. The van der Waals surface area contributed by atoms with E-state index < -0.39 is 0 Å². The molecule has 2 N–H and O–H groups in total. The van der Waals surface area contributed by atoms with Gasteiger partial charge in [0.2, 0.25) is 0 Å². The Kier molecular flexibility index (Phi) is 9.29. The zero-order valence-corrected chi connectivity index (χ0v) is 21.2. The van der Waals surface area contributed by atoms with Crippen LogP contribution in [-0.2, 0) is 18.3 Å². The van der Waals surface area contributed by atoms with E-state index in [1.807, 2.05) is 16.9 Å². The van der Waals surface area contributed by atoms with Gasteiger partial charge in [-0.1, -0.05) is 32.9 Å². The van der Waals surface area contributed by atoms with E-state index in [1.165, 1.54) is 11.3 Å². The zero-order chi connectivity index (χ0) is 20.7. The second kappa shape index (κ2) is 11.5. The summed E-state index contributed by atoms with van der Waals surface area (Å²) in [7, 11) is 1.80. The molecule has 3 aromatic rings. The summed E-state index contributed by atoms with van der Waals surface area (Å²) in [5, 5.41) is 14.3. The van der Waals surface area contributed by atoms with Crippen LogP contribution in [-0.4, -0.2) is 40.9 Å². The second-order valence-corrected chi connectivity index (χ2v) is 8.86. The van der Waals surface area contributed by atoms with Crippen molar-refractivity contribution in [3.05, 3.63) is 64.4 Å². The third kappa shape index (κ3) is 7.09. The van der Waals surface area contributed by atoms with Gasteiger partial charge in [0.25, 0.3) is 0 Å². The summed E-state index contributed by atoms with van der Waals surface area (Å²) in [5.41, 5.74) is 3.62. The number of hydrogen-bond donors (Lipinski definition) is 2. The molecule has 0 fully saturated rings. The number of rotatable bonds is 7. The van der Waals surface area contributed by atoms with Gasteiger partial charge in [-0.15, -0.1) is 35.3 Å². The van der Waals surface area contributed by atoms with E-state index in [0.29, 0.717) is 0 Å². The fraction of sp³-hybridized carbons (Fsp3) is 0.409. The fourth-order valence-electron chi connectivity index (χ4n) is 2.84. The molecule has 0 atom stereocenters. The first kappa shape index (κ1) is 24.3. The van der Waals surface area contributed by atoms with Gasteiger partial charge in [-0.3, -0.25) is 4.99 Å². The van der Waals surface area contributed by atoms with E-state index in [1.54, 1.807) is 24.6 Å². The molecule has 8 heteroatoms. The molecule has 1 aromatic carbocycles. The van der Waals surface area contributed by atoms with Crippen LogP contribution in [0, 0.1) is 0 Å². The fourth-order valence-corrected chi connectivity index (χ4v) is 3.87. The number of guanidine groups is 1. The summed E-state index contributed by atoms with van der Waals surface area (Å²) in [6.45, 7) is 8.23. The van der Waals surface area contributed by atoms with Crippen molar-refractivity contribution in [1.29, 1.82) is 0 Å². The lowest BCUT2D eigenvalue weighted by atomic mass is 9.93. The lowest BCUT2D eigenvalue weighted by molar-refractivity contribution is 0.570. The highest BCUT2D eigenvalue weighted by atomic mass is 127. The summed E-state index contributed by atoms with van der Waals surface area (Å²) >= 11 is 1.73. The van der Waals surface area contributed by atoms with Crippen molar-refractivity contribution in [2.24, 2.45) is 4.99 Å². The summed E-state index contributed by atoms with van der Waals surface area (Å²) in [5.74, 6) is 0.825. The number of hydrogen-bond acceptors (Lipinski definition) is 4. The van der Waals surface area contributed by atoms with Crippen molar-refractivity contribution in [3.8, 4) is 5.69 Å². The molecule has 0 spiro atoms. The lowest BCUT2D eigenvalue weighted by Gasteiger charge is -2.14. The Hall–Kier alpha value is -1.94. The molecule has 0 radical (unpaired) electrons. The summed E-state index contributed by atoms with van der Waals surface area (Å²) in [6.07, 6.45) is 5.56. The van der Waals surface area contributed by atoms with E-state index in [2.05, 4.69) is 71.1 Å². The van der Waals surface area contributed by atoms with Crippen molar-refractivity contribution in [2.45, 2.75) is 39.0 Å². The maximum absolute atomic E-state index is 4.74. The highest BCUT2D eigenvalue weighted by molar-refractivity contribution is 14.0. The van der Waals surface area contributed by atoms with Gasteiger partial charge in [0.05, 0.1) is 16.4 Å². The van der Waals surface area contributed by atoms with Gasteiger partial charge in [-0.25, -0.2) is 9.67 Å². The quantitative estimate of drug-likeness (QED) is 0.269. The van der Waals surface area contributed by atoms with Crippen LogP contribution < -0.4 is 10.6 Å². The zero-order valence-electron chi connectivity index (χ0n) is 18.1. The molecule has 2 heterocycles. The van der Waals surface area contributed by atoms with Crippen molar-refractivity contribution in [3.63, 3.8) is 0 Å². The van der Waals surface area contributed by atoms with Crippen LogP contribution >= 0.6 is 35.3 Å². The minimum atomic E-state index is 0. The maximum atomic E-state index is 4.74. The van der Waals surface area contributed by atoms with Crippen molar-refractivity contribution in [1.82, 2.24) is 25.4 Å². The summed E-state index contributed by atoms with van der Waals surface area (Å²) < 4.78 is 1.86. The van der Waals surface area contributed by atoms with Gasteiger partial charge >= 0.3 is 0 Å². The Morgan fingerprint density at radius 2 is 1.80 bits per heavy atom. The minimum Gasteiger partial charge on any atom is -0.356 e. The van der Waals surface area contributed by atoms with Crippen LogP contribution in [0.15, 0.2) is 53.1 Å². The van der Waals surface area contributed by atoms with Crippen LogP contribution in [0.1, 0.15) is 37.0 Å². The molecule has 0 aliphatic rings. The van der Waals surface area contributed by atoms with E-state index in [9.17, 15) is 0 Å². The predicted octanol–water partition coefficient (Wildman–Crippen LogP) is 4.19. The first-order chi connectivity index (χ1) is 14.0. The van der Waals surface area contributed by atoms with Gasteiger partial charge < -0.3 is 10.6 Å². The smallest absolute Gasteiger partial charge is 0.191 e. The monoisotopic (exact) mass is 538 g/mol. The molecule has 0 aliphatic carbocycles. The van der Waals surface area contributed by atoms with Crippen LogP contribution in [0.4, 0.5) is 0 Å². The number of aliphatic imine (C=N–C) groups is 1. The van der Waals surface area contributed by atoms with Gasteiger partial charge in [0.15, 0.2) is 5.96 Å². The van der Waals surface area contributed by atoms with Gasteiger partial charge in [-0.2, -0.15) is 5.10 Å². The third-order valence-corrected chi connectivity index (χ3v) is 5.50. The first-order valence-electron chi connectivity index (χ1n) is 9.94. The number of aromatic nitrogens is 3. The molecule has 0 aliphatic heterocycles. The molecule has 162 valence electrons. The molecular weight excluding hydrogens is 507 g/mol. The molecule has 2 aromatic heterocycles. The Morgan fingerprint density at radius 3 is 2.37 bits per heavy atom. The molecule has 0 unspecified atom stereocenters. The Bertz CT molecular complexity index is 910. The normalized spacial score (nSPS) is 11.8. The Balaban J connectivity index is 0.00000320. The summed E-state index contributed by atoms with van der Waals surface area (Å²) in [6, 6.07) is 10.4. The number of nitrogens with zero attached hydrogens (tertiary/aromatic N) is 4. The van der Waals surface area contributed by atoms with Crippen molar-refractivity contribution in [2.75, 3.05) is 20.1 Å². The largest absolute Gasteiger partial charge is 0.356 e. The molecule has 0 amide bonds. The van der Waals surface area contributed by atoms with Gasteiger partial charge in [0.1, 0.15) is 0 Å². The topological polar surface area (TPSA) is 67.1 Å². The number of halogens is 1. The number of nitrogens with one attached hydrogen (secondary N) is 2. The summed E-state index contributed by atoms with van der Waals surface area (Å²) in [4.78, 5) is 9.05. The molecule has 0 saturated heterocycles. The average molecular weight is 539 g/mol. The van der Waals surface area contributed by atoms with E-state index >= 15 is 0 Å². The van der Waals surface area contributed by atoms with Crippen LogP contribution in [0.5, 0.6) is 0 Å². The van der Waals surface area contributed by atoms with Crippen molar-refractivity contribution < 1.29 is 0 Å². The minimum absolute atomic E-state index is 0. The average Bonchev–Trinajstić information content (AvgIpc) is 3.39. The highest BCUT2D eigenvalue weighted by Crippen LogP contribution is 2.23. The highest BCUT2D eigenvalue weighted by Gasteiger charge is 2.17. The van der Waals surface area contributed by atoms with E-state index in [4.69, 9.17) is 4.98 Å². The molecule has 0 bridgehead atoms. The molecular formula is C22H31IN6S. The van der Waals surface area contributed by atoms with Crippen molar-refractivity contribution >= 4 is 41.3 Å². The molecule has 6 nitrogen and oxygen atoms in total. The van der Waals surface area contributed by atoms with E-state index in [0.717, 1.165) is 42.6 Å². The van der Waals surface area contributed by atoms with Gasteiger partial charge in [0, 0.05) is 49.7 Å². The standard InChI is InChI=1S/C22H30N6S.HI/c1-22(2,3)19-16-29-20(27-19)11-14-25-21(23-4)24-13-10-17-6-8-18(9-7-17)28-15-5-12-26-28;/h5-9,12,15-16H,10-11,13-14H2,1-4H3,(H2,23,24,25);1H.